The Morgan fingerprint density at radius 3 is 2.77 bits per heavy atom. The highest BCUT2D eigenvalue weighted by Crippen LogP contribution is 2.31. The van der Waals surface area contributed by atoms with Gasteiger partial charge in [-0.25, -0.2) is 9.07 Å². The molecule has 0 unspecified atom stereocenters. The lowest BCUT2D eigenvalue weighted by molar-refractivity contribution is 0.410. The molecule has 1 aromatic heterocycles. The van der Waals surface area contributed by atoms with E-state index in [-0.39, 0.29) is 5.82 Å². The molecular weight excluding hydrogens is 329 g/mol. The Kier molecular flexibility index (Phi) is 4.61. The summed E-state index contributed by atoms with van der Waals surface area (Å²) in [4.78, 5) is 0. The molecule has 5 heteroatoms. The first-order valence-corrected chi connectivity index (χ1v) is 8.99. The molecule has 3 aromatic rings. The van der Waals surface area contributed by atoms with Crippen molar-refractivity contribution in [1.29, 1.82) is 0 Å². The highest BCUT2D eigenvalue weighted by molar-refractivity contribution is 5.55. The van der Waals surface area contributed by atoms with Gasteiger partial charge in [0.15, 0.2) is 0 Å². The number of halogens is 1. The van der Waals surface area contributed by atoms with E-state index in [0.717, 1.165) is 48.6 Å². The maximum Gasteiger partial charge on any atom is 0.148 e. The van der Waals surface area contributed by atoms with E-state index in [0.29, 0.717) is 12.1 Å². The van der Waals surface area contributed by atoms with E-state index >= 15 is 0 Å². The monoisotopic (exact) mass is 351 g/mol. The van der Waals surface area contributed by atoms with E-state index in [2.05, 4.69) is 11.4 Å². The van der Waals surface area contributed by atoms with Gasteiger partial charge in [-0.3, -0.25) is 0 Å². The molecule has 1 aliphatic rings. The number of methoxy groups -OCH3 is 1. The summed E-state index contributed by atoms with van der Waals surface area (Å²) in [6.45, 7) is 0.876. The summed E-state index contributed by atoms with van der Waals surface area (Å²) < 4.78 is 21.6. The molecular formula is C21H22FN3O. The Hall–Kier alpha value is -2.82. The number of hydrogen-bond donors (Lipinski definition) is 1. The number of anilines is 1. The van der Waals surface area contributed by atoms with E-state index in [1.807, 2.05) is 24.3 Å². The number of fused-ring (bicyclic) bond motifs is 1. The largest absolute Gasteiger partial charge is 0.496 e. The summed E-state index contributed by atoms with van der Waals surface area (Å²) in [6, 6.07) is 14.7. The van der Waals surface area contributed by atoms with Crippen LogP contribution in [0.2, 0.25) is 0 Å². The van der Waals surface area contributed by atoms with Gasteiger partial charge in [0.2, 0.25) is 0 Å². The zero-order valence-corrected chi connectivity index (χ0v) is 14.8. The maximum atomic E-state index is 14.4. The first kappa shape index (κ1) is 16.6. The number of ether oxygens (including phenoxy) is 1. The standard InChI is InChI=1S/C21H22FN3O/c1-26-20-12-5-2-8-15(20)14-18-16-9-6-7-13-23-21(16)25(24-18)19-11-4-3-10-17(19)22/h2-5,8,10-12,23H,6-7,9,13-14H2,1H3. The van der Waals surface area contributed by atoms with Gasteiger partial charge in [0.25, 0.3) is 0 Å². The molecule has 1 aliphatic heterocycles. The number of hydrogen-bond acceptors (Lipinski definition) is 3. The number of nitrogens with one attached hydrogen (secondary N) is 1. The van der Waals surface area contributed by atoms with Crippen LogP contribution in [-0.4, -0.2) is 23.4 Å². The molecule has 0 aliphatic carbocycles. The number of aromatic nitrogens is 2. The van der Waals surface area contributed by atoms with Crippen LogP contribution in [0.1, 0.15) is 29.7 Å². The van der Waals surface area contributed by atoms with Gasteiger partial charge in [0, 0.05) is 24.1 Å². The number of rotatable bonds is 4. The highest BCUT2D eigenvalue weighted by atomic mass is 19.1. The molecule has 0 bridgehead atoms. The first-order valence-electron chi connectivity index (χ1n) is 8.99. The summed E-state index contributed by atoms with van der Waals surface area (Å²) in [6.07, 6.45) is 3.80. The summed E-state index contributed by atoms with van der Waals surface area (Å²) in [7, 11) is 1.68. The molecule has 134 valence electrons. The first-order chi connectivity index (χ1) is 12.8. The lowest BCUT2D eigenvalue weighted by Gasteiger charge is -2.09. The number of benzene rings is 2. The molecule has 4 nitrogen and oxygen atoms in total. The van der Waals surface area contributed by atoms with E-state index in [1.54, 1.807) is 23.9 Å². The van der Waals surface area contributed by atoms with Crippen LogP contribution < -0.4 is 10.1 Å². The van der Waals surface area contributed by atoms with Crippen LogP contribution in [0.25, 0.3) is 5.69 Å². The minimum Gasteiger partial charge on any atom is -0.496 e. The van der Waals surface area contributed by atoms with Crippen molar-refractivity contribution >= 4 is 5.82 Å². The van der Waals surface area contributed by atoms with E-state index < -0.39 is 0 Å². The van der Waals surface area contributed by atoms with Gasteiger partial charge in [-0.15, -0.1) is 0 Å². The second-order valence-corrected chi connectivity index (χ2v) is 6.51. The quantitative estimate of drug-likeness (QED) is 0.759. The Labute approximate surface area is 152 Å². The maximum absolute atomic E-state index is 14.4. The lowest BCUT2D eigenvalue weighted by Crippen LogP contribution is -2.08. The smallest absolute Gasteiger partial charge is 0.148 e. The predicted octanol–water partition coefficient (Wildman–Crippen LogP) is 4.36. The Balaban J connectivity index is 1.81. The molecule has 2 heterocycles. The van der Waals surface area contributed by atoms with Crippen LogP contribution in [0, 0.1) is 5.82 Å². The number of para-hydroxylation sites is 2. The van der Waals surface area contributed by atoms with Crippen molar-refractivity contribution in [3.63, 3.8) is 0 Å². The number of nitrogens with zero attached hydrogens (tertiary/aromatic N) is 2. The Morgan fingerprint density at radius 2 is 1.92 bits per heavy atom. The van der Waals surface area contributed by atoms with Gasteiger partial charge in [-0.2, -0.15) is 5.10 Å². The molecule has 0 spiro atoms. The molecule has 0 fully saturated rings. The highest BCUT2D eigenvalue weighted by Gasteiger charge is 2.22. The fourth-order valence-electron chi connectivity index (χ4n) is 3.54. The summed E-state index contributed by atoms with van der Waals surface area (Å²) in [5, 5.41) is 8.25. The van der Waals surface area contributed by atoms with Gasteiger partial charge in [0.1, 0.15) is 23.1 Å². The normalized spacial score (nSPS) is 13.6. The van der Waals surface area contributed by atoms with Crippen molar-refractivity contribution in [2.24, 2.45) is 0 Å². The van der Waals surface area contributed by atoms with Crippen LogP contribution in [0.5, 0.6) is 5.75 Å². The summed E-state index contributed by atoms with van der Waals surface area (Å²) >= 11 is 0. The minimum absolute atomic E-state index is 0.271. The zero-order valence-electron chi connectivity index (χ0n) is 14.8. The second-order valence-electron chi connectivity index (χ2n) is 6.51. The van der Waals surface area contributed by atoms with Crippen molar-refractivity contribution < 1.29 is 9.13 Å². The van der Waals surface area contributed by atoms with Crippen molar-refractivity contribution in [3.8, 4) is 11.4 Å². The second kappa shape index (κ2) is 7.20. The predicted molar refractivity (Wildman–Crippen MR) is 101 cm³/mol. The van der Waals surface area contributed by atoms with Gasteiger partial charge >= 0.3 is 0 Å². The van der Waals surface area contributed by atoms with E-state index in [4.69, 9.17) is 9.84 Å². The summed E-state index contributed by atoms with van der Waals surface area (Å²) in [5.74, 6) is 1.49. The SMILES string of the molecule is COc1ccccc1Cc1nn(-c2ccccc2F)c2c1CCCCN2. The van der Waals surface area contributed by atoms with Gasteiger partial charge in [-0.05, 0) is 37.5 Å². The fraction of sp³-hybridized carbons (Fsp3) is 0.286. The average Bonchev–Trinajstić information content (AvgIpc) is 2.84. The molecule has 2 aromatic carbocycles. The molecule has 26 heavy (non-hydrogen) atoms. The third-order valence-electron chi connectivity index (χ3n) is 4.84. The van der Waals surface area contributed by atoms with Crippen molar-refractivity contribution in [1.82, 2.24) is 9.78 Å². The third-order valence-corrected chi connectivity index (χ3v) is 4.84. The fourth-order valence-corrected chi connectivity index (χ4v) is 3.54. The topological polar surface area (TPSA) is 39.1 Å². The summed E-state index contributed by atoms with van der Waals surface area (Å²) in [5.41, 5.74) is 3.71. The van der Waals surface area contributed by atoms with Gasteiger partial charge in [-0.1, -0.05) is 30.3 Å². The van der Waals surface area contributed by atoms with Gasteiger partial charge in [0.05, 0.1) is 12.8 Å². The minimum atomic E-state index is -0.271. The molecule has 0 radical (unpaired) electrons. The van der Waals surface area contributed by atoms with E-state index in [9.17, 15) is 4.39 Å². The van der Waals surface area contributed by atoms with Crippen molar-refractivity contribution in [2.45, 2.75) is 25.7 Å². The third kappa shape index (κ3) is 3.05. The molecule has 4 rings (SSSR count). The van der Waals surface area contributed by atoms with E-state index in [1.165, 1.54) is 11.6 Å². The van der Waals surface area contributed by atoms with Crippen LogP contribution >= 0.6 is 0 Å². The van der Waals surface area contributed by atoms with Crippen molar-refractivity contribution in [2.75, 3.05) is 19.0 Å². The molecule has 1 N–H and O–H groups in total. The molecule has 0 saturated carbocycles. The van der Waals surface area contributed by atoms with Crippen molar-refractivity contribution in [3.05, 3.63) is 71.2 Å². The van der Waals surface area contributed by atoms with Crippen LogP contribution in [0.4, 0.5) is 10.2 Å². The molecule has 0 atom stereocenters. The zero-order chi connectivity index (χ0) is 17.9. The lowest BCUT2D eigenvalue weighted by atomic mass is 10.0. The van der Waals surface area contributed by atoms with Crippen LogP contribution in [0.3, 0.4) is 0 Å². The van der Waals surface area contributed by atoms with Crippen LogP contribution in [0.15, 0.2) is 48.5 Å². The average molecular weight is 351 g/mol. The molecule has 0 amide bonds. The Bertz CT molecular complexity index is 919. The Morgan fingerprint density at radius 1 is 1.12 bits per heavy atom. The molecule has 0 saturated heterocycles. The van der Waals surface area contributed by atoms with Crippen LogP contribution in [-0.2, 0) is 12.8 Å². The van der Waals surface area contributed by atoms with Gasteiger partial charge < -0.3 is 10.1 Å².